The van der Waals surface area contributed by atoms with Crippen molar-refractivity contribution < 1.29 is 14.8 Å². The highest BCUT2D eigenvalue weighted by atomic mass is 16.6. The van der Waals surface area contributed by atoms with Crippen LogP contribution in [0.5, 0.6) is 5.75 Å². The van der Waals surface area contributed by atoms with Gasteiger partial charge in [0.15, 0.2) is 5.75 Å². The number of likely N-dealkylation sites (tertiary alicyclic amines) is 1. The van der Waals surface area contributed by atoms with E-state index in [2.05, 4.69) is 4.90 Å². The van der Waals surface area contributed by atoms with Crippen LogP contribution in [0.3, 0.4) is 0 Å². The normalized spacial score (nSPS) is 17.4. The smallest absolute Gasteiger partial charge is 0.311 e. The number of nitrogens with zero attached hydrogens (tertiary/aromatic N) is 2. The topological polar surface area (TPSA) is 75.8 Å². The van der Waals surface area contributed by atoms with Crippen molar-refractivity contribution in [1.82, 2.24) is 4.90 Å². The molecule has 0 saturated carbocycles. The van der Waals surface area contributed by atoms with Crippen molar-refractivity contribution in [3.8, 4) is 5.75 Å². The summed E-state index contributed by atoms with van der Waals surface area (Å²) in [4.78, 5) is 12.7. The number of benzene rings is 1. The number of ether oxygens (including phenoxy) is 1. The van der Waals surface area contributed by atoms with Gasteiger partial charge in [0.05, 0.1) is 18.1 Å². The van der Waals surface area contributed by atoms with Crippen molar-refractivity contribution in [3.05, 3.63) is 33.9 Å². The maximum Gasteiger partial charge on any atom is 0.311 e. The van der Waals surface area contributed by atoms with Crippen LogP contribution < -0.4 is 4.74 Å². The highest BCUT2D eigenvalue weighted by Gasteiger charge is 2.19. The molecular weight excluding hydrogens is 248 g/mol. The van der Waals surface area contributed by atoms with Gasteiger partial charge in [-0.05, 0) is 24.5 Å². The predicted octanol–water partition coefficient (Wildman–Crippen LogP) is 1.56. The number of nitro benzene ring substituents is 1. The highest BCUT2D eigenvalue weighted by molar-refractivity contribution is 5.48. The van der Waals surface area contributed by atoms with Crippen molar-refractivity contribution in [2.45, 2.75) is 25.5 Å². The summed E-state index contributed by atoms with van der Waals surface area (Å²) in [5, 5.41) is 20.4. The zero-order chi connectivity index (χ0) is 13.8. The van der Waals surface area contributed by atoms with Gasteiger partial charge < -0.3 is 9.84 Å². The zero-order valence-electron chi connectivity index (χ0n) is 10.9. The third-order valence-electron chi connectivity index (χ3n) is 3.40. The Morgan fingerprint density at radius 3 is 2.74 bits per heavy atom. The quantitative estimate of drug-likeness (QED) is 0.661. The summed E-state index contributed by atoms with van der Waals surface area (Å²) in [5.41, 5.74) is 0.890. The van der Waals surface area contributed by atoms with Crippen molar-refractivity contribution >= 4 is 5.69 Å². The molecule has 1 aromatic carbocycles. The molecule has 0 radical (unpaired) electrons. The van der Waals surface area contributed by atoms with E-state index in [1.807, 2.05) is 6.07 Å². The van der Waals surface area contributed by atoms with Crippen LogP contribution in [0.25, 0.3) is 0 Å². The van der Waals surface area contributed by atoms with E-state index >= 15 is 0 Å². The number of nitro groups is 1. The molecule has 1 saturated heterocycles. The number of aliphatic hydroxyl groups excluding tert-OH is 1. The monoisotopic (exact) mass is 266 g/mol. The lowest BCUT2D eigenvalue weighted by Gasteiger charge is -2.29. The largest absolute Gasteiger partial charge is 0.490 e. The highest BCUT2D eigenvalue weighted by Crippen LogP contribution is 2.28. The number of hydrogen-bond donors (Lipinski definition) is 1. The Kier molecular flexibility index (Phi) is 4.34. The van der Waals surface area contributed by atoms with Crippen LogP contribution in [0.1, 0.15) is 18.4 Å². The van der Waals surface area contributed by atoms with E-state index < -0.39 is 4.92 Å². The number of rotatable bonds is 4. The minimum Gasteiger partial charge on any atom is -0.490 e. The third-order valence-corrected chi connectivity index (χ3v) is 3.40. The van der Waals surface area contributed by atoms with Crippen molar-refractivity contribution in [1.29, 1.82) is 0 Å². The van der Waals surface area contributed by atoms with Crippen molar-refractivity contribution in [3.63, 3.8) is 0 Å². The van der Waals surface area contributed by atoms with Gasteiger partial charge in [0.1, 0.15) is 0 Å². The fraction of sp³-hybridized carbons (Fsp3) is 0.538. The number of hydrogen-bond acceptors (Lipinski definition) is 5. The summed E-state index contributed by atoms with van der Waals surface area (Å²) >= 11 is 0. The first-order valence-electron chi connectivity index (χ1n) is 6.32. The van der Waals surface area contributed by atoms with Crippen molar-refractivity contribution in [2.75, 3.05) is 20.2 Å². The molecule has 1 fully saturated rings. The molecule has 104 valence electrons. The summed E-state index contributed by atoms with van der Waals surface area (Å²) < 4.78 is 4.98. The predicted molar refractivity (Wildman–Crippen MR) is 70.2 cm³/mol. The number of methoxy groups -OCH3 is 1. The fourth-order valence-corrected chi connectivity index (χ4v) is 2.31. The molecule has 0 unspecified atom stereocenters. The second-order valence-electron chi connectivity index (χ2n) is 4.77. The lowest BCUT2D eigenvalue weighted by molar-refractivity contribution is -0.385. The first-order valence-corrected chi connectivity index (χ1v) is 6.32. The Morgan fingerprint density at radius 1 is 1.47 bits per heavy atom. The number of piperidine rings is 1. The summed E-state index contributed by atoms with van der Waals surface area (Å²) in [6, 6.07) is 5.03. The van der Waals surface area contributed by atoms with Crippen LogP contribution in [0, 0.1) is 10.1 Å². The Morgan fingerprint density at radius 2 is 2.16 bits per heavy atom. The van der Waals surface area contributed by atoms with Gasteiger partial charge in [-0.25, -0.2) is 0 Å². The van der Waals surface area contributed by atoms with Gasteiger partial charge in [0, 0.05) is 25.7 Å². The van der Waals surface area contributed by atoms with E-state index in [1.54, 1.807) is 12.1 Å². The van der Waals surface area contributed by atoms with E-state index in [1.165, 1.54) is 7.11 Å². The van der Waals surface area contributed by atoms with Crippen LogP contribution in [-0.4, -0.2) is 41.2 Å². The van der Waals surface area contributed by atoms with E-state index in [0.717, 1.165) is 31.5 Å². The first-order chi connectivity index (χ1) is 9.10. The minimum atomic E-state index is -0.428. The van der Waals surface area contributed by atoms with Crippen LogP contribution in [-0.2, 0) is 6.54 Å². The lowest BCUT2D eigenvalue weighted by atomic mass is 10.1. The molecule has 1 heterocycles. The second-order valence-corrected chi connectivity index (χ2v) is 4.77. The SMILES string of the molecule is COc1ccc(CN2CCC(O)CC2)cc1[N+](=O)[O-]. The molecule has 0 aromatic heterocycles. The molecule has 0 amide bonds. The summed E-state index contributed by atoms with van der Waals surface area (Å²) in [6.45, 7) is 2.31. The maximum absolute atomic E-state index is 10.9. The molecule has 0 atom stereocenters. The van der Waals surface area contributed by atoms with Crippen LogP contribution in [0.4, 0.5) is 5.69 Å². The van der Waals surface area contributed by atoms with Crippen LogP contribution >= 0.6 is 0 Å². The second kappa shape index (κ2) is 5.99. The third kappa shape index (κ3) is 3.42. The standard InChI is InChI=1S/C13H18N2O4/c1-19-13-3-2-10(8-12(13)15(17)18)9-14-6-4-11(16)5-7-14/h2-3,8,11,16H,4-7,9H2,1H3. The molecule has 2 rings (SSSR count). The summed E-state index contributed by atoms with van der Waals surface area (Å²) in [6.07, 6.45) is 1.32. The van der Waals surface area contributed by atoms with Gasteiger partial charge in [-0.3, -0.25) is 15.0 Å². The first kappa shape index (κ1) is 13.8. The van der Waals surface area contributed by atoms with E-state index in [9.17, 15) is 15.2 Å². The molecule has 0 aliphatic carbocycles. The van der Waals surface area contributed by atoms with E-state index in [4.69, 9.17) is 4.74 Å². The molecule has 1 N–H and O–H groups in total. The average Bonchev–Trinajstić information content (AvgIpc) is 2.41. The molecule has 1 aliphatic heterocycles. The molecule has 1 aliphatic rings. The van der Waals surface area contributed by atoms with Gasteiger partial charge in [-0.15, -0.1) is 0 Å². The van der Waals surface area contributed by atoms with Gasteiger partial charge in [-0.1, -0.05) is 6.07 Å². The molecule has 19 heavy (non-hydrogen) atoms. The molecule has 1 aromatic rings. The summed E-state index contributed by atoms with van der Waals surface area (Å²) in [5.74, 6) is 0.280. The lowest BCUT2D eigenvalue weighted by Crippen LogP contribution is -2.35. The molecular formula is C13H18N2O4. The minimum absolute atomic E-state index is 0.00274. The Labute approximate surface area is 111 Å². The van der Waals surface area contributed by atoms with Crippen LogP contribution in [0.15, 0.2) is 18.2 Å². The van der Waals surface area contributed by atoms with E-state index in [-0.39, 0.29) is 17.5 Å². The fourth-order valence-electron chi connectivity index (χ4n) is 2.31. The van der Waals surface area contributed by atoms with Gasteiger partial charge in [0.2, 0.25) is 0 Å². The van der Waals surface area contributed by atoms with Gasteiger partial charge >= 0.3 is 5.69 Å². The van der Waals surface area contributed by atoms with Gasteiger partial charge in [0.25, 0.3) is 0 Å². The molecule has 0 spiro atoms. The zero-order valence-corrected chi connectivity index (χ0v) is 10.9. The Bertz CT molecular complexity index is 456. The Balaban J connectivity index is 2.08. The molecule has 6 heteroatoms. The van der Waals surface area contributed by atoms with Crippen LogP contribution in [0.2, 0.25) is 0 Å². The Hall–Kier alpha value is -1.66. The molecule has 0 bridgehead atoms. The number of aliphatic hydroxyl groups is 1. The average molecular weight is 266 g/mol. The van der Waals surface area contributed by atoms with Crippen molar-refractivity contribution in [2.24, 2.45) is 0 Å². The van der Waals surface area contributed by atoms with Gasteiger partial charge in [-0.2, -0.15) is 0 Å². The summed E-state index contributed by atoms with van der Waals surface area (Å²) in [7, 11) is 1.42. The maximum atomic E-state index is 10.9. The molecule has 6 nitrogen and oxygen atoms in total. The van der Waals surface area contributed by atoms with E-state index in [0.29, 0.717) is 6.54 Å².